The first-order valence-electron chi connectivity index (χ1n) is 13.3. The predicted molar refractivity (Wildman–Crippen MR) is 130 cm³/mol. The molecule has 0 bridgehead atoms. The molecule has 178 valence electrons. The Morgan fingerprint density at radius 2 is 0.867 bits per heavy atom. The number of carbonyl (C=O) groups is 1. The average Bonchev–Trinajstić information content (AvgIpc) is 2.75. The molecule has 3 heteroatoms. The summed E-state index contributed by atoms with van der Waals surface area (Å²) in [6.07, 6.45) is 30.0. The Morgan fingerprint density at radius 1 is 0.500 bits per heavy atom. The van der Waals surface area contributed by atoms with E-state index in [9.17, 15) is 4.79 Å². The molecule has 30 heavy (non-hydrogen) atoms. The van der Waals surface area contributed by atoms with Crippen LogP contribution >= 0.6 is 0 Å². The van der Waals surface area contributed by atoms with E-state index in [0.717, 1.165) is 25.7 Å². The van der Waals surface area contributed by atoms with Gasteiger partial charge in [-0.1, -0.05) is 116 Å². The Morgan fingerprint density at radius 3 is 1.33 bits per heavy atom. The van der Waals surface area contributed by atoms with Gasteiger partial charge in [-0.15, -0.1) is 0 Å². The van der Waals surface area contributed by atoms with Gasteiger partial charge in [0.25, 0.3) is 0 Å². The first kappa shape index (κ1) is 29.0. The lowest BCUT2D eigenvalue weighted by Crippen LogP contribution is -2.09. The third-order valence-electron chi connectivity index (χ3n) is 5.59. The second kappa shape index (κ2) is 26.0. The highest BCUT2D eigenvalue weighted by molar-refractivity contribution is 5.59. The van der Waals surface area contributed by atoms with Gasteiger partial charge in [0.05, 0.1) is 13.2 Å². The van der Waals surface area contributed by atoms with Gasteiger partial charge < -0.3 is 9.47 Å². The number of hydrogen-bond donors (Lipinski definition) is 0. The van der Waals surface area contributed by atoms with Crippen LogP contribution < -0.4 is 0 Å². The molecule has 0 spiro atoms. The van der Waals surface area contributed by atoms with Crippen molar-refractivity contribution in [1.82, 2.24) is 0 Å². The van der Waals surface area contributed by atoms with Gasteiger partial charge in [-0.2, -0.15) is 0 Å². The average molecular weight is 425 g/mol. The Labute approximate surface area is 188 Å². The monoisotopic (exact) mass is 424 g/mol. The summed E-state index contributed by atoms with van der Waals surface area (Å²) in [6, 6.07) is 0. The predicted octanol–water partition coefficient (Wildman–Crippen LogP) is 9.54. The van der Waals surface area contributed by atoms with E-state index in [1.165, 1.54) is 103 Å². The van der Waals surface area contributed by atoms with Gasteiger partial charge in [0.1, 0.15) is 0 Å². The first-order chi connectivity index (χ1) is 14.8. The number of hydrogen-bond acceptors (Lipinski definition) is 3. The van der Waals surface area contributed by atoms with E-state index < -0.39 is 6.16 Å². The van der Waals surface area contributed by atoms with E-state index in [1.807, 2.05) is 0 Å². The van der Waals surface area contributed by atoms with E-state index in [-0.39, 0.29) is 0 Å². The van der Waals surface area contributed by atoms with E-state index in [2.05, 4.69) is 26.0 Å². The Kier molecular flexibility index (Phi) is 25.2. The molecular weight excluding hydrogens is 372 g/mol. The minimum atomic E-state index is -0.503. The molecule has 3 nitrogen and oxygen atoms in total. The van der Waals surface area contributed by atoms with Crippen molar-refractivity contribution in [2.45, 2.75) is 142 Å². The van der Waals surface area contributed by atoms with Crippen molar-refractivity contribution in [3.05, 3.63) is 12.2 Å². The molecule has 0 amide bonds. The van der Waals surface area contributed by atoms with Crippen LogP contribution in [0, 0.1) is 0 Å². The van der Waals surface area contributed by atoms with Gasteiger partial charge in [0.2, 0.25) is 0 Å². The zero-order chi connectivity index (χ0) is 22.0. The van der Waals surface area contributed by atoms with Crippen molar-refractivity contribution < 1.29 is 14.3 Å². The summed E-state index contributed by atoms with van der Waals surface area (Å²) in [5, 5.41) is 0. The van der Waals surface area contributed by atoms with Crippen molar-refractivity contribution >= 4 is 6.16 Å². The van der Waals surface area contributed by atoms with Crippen LogP contribution in [-0.2, 0) is 9.47 Å². The molecule has 0 aliphatic rings. The van der Waals surface area contributed by atoms with Crippen LogP contribution in [-0.4, -0.2) is 19.4 Å². The van der Waals surface area contributed by atoms with Gasteiger partial charge in [0.15, 0.2) is 0 Å². The van der Waals surface area contributed by atoms with Gasteiger partial charge in [-0.3, -0.25) is 0 Å². The molecule has 0 rings (SSSR count). The molecule has 0 aromatic rings. The van der Waals surface area contributed by atoms with Crippen LogP contribution in [0.25, 0.3) is 0 Å². The normalized spacial score (nSPS) is 11.3. The largest absolute Gasteiger partial charge is 0.508 e. The van der Waals surface area contributed by atoms with E-state index in [4.69, 9.17) is 9.47 Å². The number of allylic oxidation sites excluding steroid dienone is 2. The third kappa shape index (κ3) is 25.0. The molecule has 0 atom stereocenters. The number of unbranched alkanes of at least 4 members (excludes halogenated alkanes) is 17. The van der Waals surface area contributed by atoms with Crippen LogP contribution in [0.3, 0.4) is 0 Å². The summed E-state index contributed by atoms with van der Waals surface area (Å²) in [6.45, 7) is 5.33. The maximum absolute atomic E-state index is 11.3. The third-order valence-corrected chi connectivity index (χ3v) is 5.59. The van der Waals surface area contributed by atoms with Crippen LogP contribution in [0.2, 0.25) is 0 Å². The van der Waals surface area contributed by atoms with Crippen molar-refractivity contribution in [3.63, 3.8) is 0 Å². The summed E-state index contributed by atoms with van der Waals surface area (Å²) in [5.41, 5.74) is 0. The molecular formula is C27H52O3. The van der Waals surface area contributed by atoms with Crippen molar-refractivity contribution in [3.8, 4) is 0 Å². The van der Waals surface area contributed by atoms with Gasteiger partial charge in [-0.05, 0) is 38.5 Å². The summed E-state index contributed by atoms with van der Waals surface area (Å²) in [5.74, 6) is 0. The topological polar surface area (TPSA) is 35.5 Å². The van der Waals surface area contributed by atoms with Crippen molar-refractivity contribution in [2.24, 2.45) is 0 Å². The molecule has 0 aromatic heterocycles. The highest BCUT2D eigenvalue weighted by atomic mass is 16.7. The van der Waals surface area contributed by atoms with Gasteiger partial charge in [0, 0.05) is 0 Å². The van der Waals surface area contributed by atoms with Crippen molar-refractivity contribution in [1.29, 1.82) is 0 Å². The molecule has 0 saturated heterocycles. The number of carbonyl (C=O) groups excluding carboxylic acids is 1. The quantitative estimate of drug-likeness (QED) is 0.0930. The fraction of sp³-hybridized carbons (Fsp3) is 0.889. The molecule has 0 heterocycles. The fourth-order valence-electron chi connectivity index (χ4n) is 3.55. The minimum Gasteiger partial charge on any atom is -0.434 e. The second-order valence-corrected chi connectivity index (χ2v) is 8.65. The minimum absolute atomic E-state index is 0.477. The zero-order valence-electron chi connectivity index (χ0n) is 20.4. The molecule has 0 saturated carbocycles. The molecule has 0 unspecified atom stereocenters. The van der Waals surface area contributed by atoms with E-state index >= 15 is 0 Å². The fourth-order valence-corrected chi connectivity index (χ4v) is 3.55. The second-order valence-electron chi connectivity index (χ2n) is 8.65. The Hall–Kier alpha value is -0.990. The van der Waals surface area contributed by atoms with Gasteiger partial charge >= 0.3 is 6.16 Å². The van der Waals surface area contributed by atoms with Crippen LogP contribution in [0.5, 0.6) is 0 Å². The summed E-state index contributed by atoms with van der Waals surface area (Å²) < 4.78 is 10.0. The highest BCUT2D eigenvalue weighted by Gasteiger charge is 2.02. The van der Waals surface area contributed by atoms with Crippen molar-refractivity contribution in [2.75, 3.05) is 13.2 Å². The molecule has 0 N–H and O–H groups in total. The lowest BCUT2D eigenvalue weighted by atomic mass is 10.1. The highest BCUT2D eigenvalue weighted by Crippen LogP contribution is 2.12. The summed E-state index contributed by atoms with van der Waals surface area (Å²) in [7, 11) is 0. The standard InChI is InChI=1S/C27H52O3/c1-3-5-7-8-9-10-11-12-13-14-15-16-17-18-19-20-21-22-23-24-26-30-27(28)29-25-6-4-2/h12-13H,3-11,14-26H2,1-2H3. The molecule has 0 fully saturated rings. The molecule has 0 radical (unpaired) electrons. The number of rotatable bonds is 23. The van der Waals surface area contributed by atoms with E-state index in [0.29, 0.717) is 13.2 Å². The zero-order valence-corrected chi connectivity index (χ0v) is 20.4. The number of ether oxygens (including phenoxy) is 2. The Bertz CT molecular complexity index is 365. The lowest BCUT2D eigenvalue weighted by Gasteiger charge is -2.05. The molecule has 0 aliphatic heterocycles. The van der Waals surface area contributed by atoms with Gasteiger partial charge in [-0.25, -0.2) is 4.79 Å². The molecule has 0 aromatic carbocycles. The van der Waals surface area contributed by atoms with E-state index in [1.54, 1.807) is 0 Å². The maximum Gasteiger partial charge on any atom is 0.508 e. The van der Waals surface area contributed by atoms with Crippen LogP contribution in [0.1, 0.15) is 142 Å². The SMILES string of the molecule is CCCCCCCCC=CCCCCCCCCCCCCOC(=O)OCCCC. The molecule has 0 aliphatic carbocycles. The smallest absolute Gasteiger partial charge is 0.434 e. The van der Waals surface area contributed by atoms with Crippen LogP contribution in [0.15, 0.2) is 12.2 Å². The lowest BCUT2D eigenvalue weighted by molar-refractivity contribution is 0.0532. The Balaban J connectivity index is 3.12. The first-order valence-corrected chi connectivity index (χ1v) is 13.3. The maximum atomic E-state index is 11.3. The van der Waals surface area contributed by atoms with Crippen LogP contribution in [0.4, 0.5) is 4.79 Å². The summed E-state index contributed by atoms with van der Waals surface area (Å²) >= 11 is 0. The summed E-state index contributed by atoms with van der Waals surface area (Å²) in [4.78, 5) is 11.3.